The highest BCUT2D eigenvalue weighted by molar-refractivity contribution is 8.00. The van der Waals surface area contributed by atoms with Gasteiger partial charge in [0.2, 0.25) is 0 Å². The van der Waals surface area contributed by atoms with E-state index < -0.39 is 11.4 Å². The number of pyridine rings is 1. The van der Waals surface area contributed by atoms with E-state index in [4.69, 9.17) is 5.11 Å². The number of rotatable bonds is 4. The largest absolute Gasteiger partial charge is 0.477 e. The van der Waals surface area contributed by atoms with Gasteiger partial charge in [0.05, 0.1) is 0 Å². The zero-order valence-corrected chi connectivity index (χ0v) is 11.4. The molecular formula is C13H17NO3S. The molecular weight excluding hydrogens is 250 g/mol. The normalized spacial score (nSPS) is 17.2. The smallest absolute Gasteiger partial charge is 0.341 e. The Morgan fingerprint density at radius 2 is 2.22 bits per heavy atom. The van der Waals surface area contributed by atoms with E-state index in [0.717, 1.165) is 25.1 Å². The molecule has 2 rings (SSSR count). The van der Waals surface area contributed by atoms with Crippen LogP contribution < -0.4 is 5.43 Å². The Bertz CT molecular complexity index is 526. The average molecular weight is 267 g/mol. The first kappa shape index (κ1) is 13.2. The lowest BCUT2D eigenvalue weighted by Crippen LogP contribution is -2.38. The Labute approximate surface area is 110 Å². The second-order valence-corrected chi connectivity index (χ2v) is 6.14. The molecule has 1 saturated carbocycles. The van der Waals surface area contributed by atoms with Gasteiger partial charge in [-0.1, -0.05) is 6.42 Å². The van der Waals surface area contributed by atoms with E-state index in [1.165, 1.54) is 18.7 Å². The third-order valence-corrected chi connectivity index (χ3v) is 5.13. The molecule has 1 aromatic rings. The molecule has 1 fully saturated rings. The summed E-state index contributed by atoms with van der Waals surface area (Å²) in [6.07, 6.45) is 7.11. The summed E-state index contributed by atoms with van der Waals surface area (Å²) in [7, 11) is 0. The van der Waals surface area contributed by atoms with Gasteiger partial charge in [-0.2, -0.15) is 11.8 Å². The first-order valence-electron chi connectivity index (χ1n) is 5.97. The van der Waals surface area contributed by atoms with Gasteiger partial charge < -0.3 is 9.67 Å². The molecule has 0 spiro atoms. The number of hydrogen-bond acceptors (Lipinski definition) is 3. The van der Waals surface area contributed by atoms with Crippen LogP contribution in [0.2, 0.25) is 0 Å². The number of carboxylic acid groups (broad SMARTS) is 1. The van der Waals surface area contributed by atoms with Crippen LogP contribution in [-0.4, -0.2) is 26.6 Å². The molecule has 0 bridgehead atoms. The molecule has 0 radical (unpaired) electrons. The van der Waals surface area contributed by atoms with Crippen LogP contribution in [0.25, 0.3) is 0 Å². The molecule has 5 heteroatoms. The number of carboxylic acids is 1. The molecule has 0 aromatic carbocycles. The van der Waals surface area contributed by atoms with Crippen LogP contribution in [0.5, 0.6) is 0 Å². The number of nitrogens with zero attached hydrogens (tertiary/aromatic N) is 1. The van der Waals surface area contributed by atoms with E-state index in [1.54, 1.807) is 0 Å². The van der Waals surface area contributed by atoms with Crippen molar-refractivity contribution in [2.24, 2.45) is 0 Å². The standard InChI is InChI=1S/C13H17NO3S/c1-9-6-11(15)10(12(16)17)7-14(9)8-13(18-2)4-3-5-13/h6-7H,3-5,8H2,1-2H3,(H,16,17). The first-order valence-corrected chi connectivity index (χ1v) is 7.19. The Morgan fingerprint density at radius 1 is 1.56 bits per heavy atom. The lowest BCUT2D eigenvalue weighted by atomic mass is 9.84. The maximum Gasteiger partial charge on any atom is 0.341 e. The summed E-state index contributed by atoms with van der Waals surface area (Å²) in [6, 6.07) is 1.41. The highest BCUT2D eigenvalue weighted by Crippen LogP contribution is 2.44. The second-order valence-electron chi connectivity index (χ2n) is 4.87. The third-order valence-electron chi connectivity index (χ3n) is 3.73. The summed E-state index contributed by atoms with van der Waals surface area (Å²) < 4.78 is 2.12. The number of hydrogen-bond donors (Lipinski definition) is 1. The van der Waals surface area contributed by atoms with Crippen molar-refractivity contribution in [3.8, 4) is 0 Å². The van der Waals surface area contributed by atoms with Crippen molar-refractivity contribution in [2.75, 3.05) is 6.26 Å². The summed E-state index contributed by atoms with van der Waals surface area (Å²) in [5.41, 5.74) is 0.268. The molecule has 1 aliphatic carbocycles. The Kier molecular flexibility index (Phi) is 3.52. The predicted molar refractivity (Wildman–Crippen MR) is 72.5 cm³/mol. The summed E-state index contributed by atoms with van der Waals surface area (Å²) in [5.74, 6) is -1.15. The maximum atomic E-state index is 11.6. The van der Waals surface area contributed by atoms with Crippen molar-refractivity contribution in [3.63, 3.8) is 0 Å². The zero-order valence-electron chi connectivity index (χ0n) is 10.6. The maximum absolute atomic E-state index is 11.6. The molecule has 0 atom stereocenters. The second kappa shape index (κ2) is 4.80. The van der Waals surface area contributed by atoms with Crippen LogP contribution >= 0.6 is 11.8 Å². The number of aromatic carboxylic acids is 1. The van der Waals surface area contributed by atoms with Crippen molar-refractivity contribution < 1.29 is 9.90 Å². The van der Waals surface area contributed by atoms with Crippen LogP contribution in [-0.2, 0) is 6.54 Å². The lowest BCUT2D eigenvalue weighted by Gasteiger charge is -2.41. The Morgan fingerprint density at radius 3 is 2.67 bits per heavy atom. The van der Waals surface area contributed by atoms with Crippen molar-refractivity contribution in [1.29, 1.82) is 0 Å². The molecule has 0 unspecified atom stereocenters. The molecule has 1 aliphatic rings. The topological polar surface area (TPSA) is 59.3 Å². The molecule has 0 saturated heterocycles. The molecule has 98 valence electrons. The molecule has 0 amide bonds. The quantitative estimate of drug-likeness (QED) is 0.908. The van der Waals surface area contributed by atoms with E-state index >= 15 is 0 Å². The van der Waals surface area contributed by atoms with Gasteiger partial charge in [0.15, 0.2) is 5.43 Å². The minimum Gasteiger partial charge on any atom is -0.477 e. The van der Waals surface area contributed by atoms with Gasteiger partial charge in [-0.05, 0) is 26.0 Å². The number of thioether (sulfide) groups is 1. The predicted octanol–water partition coefficient (Wildman–Crippen LogP) is 2.14. The van der Waals surface area contributed by atoms with E-state index in [2.05, 4.69) is 6.26 Å². The van der Waals surface area contributed by atoms with Crippen molar-refractivity contribution in [1.82, 2.24) is 4.57 Å². The zero-order chi connectivity index (χ0) is 13.3. The van der Waals surface area contributed by atoms with Gasteiger partial charge in [-0.15, -0.1) is 0 Å². The van der Waals surface area contributed by atoms with Gasteiger partial charge in [-0.3, -0.25) is 4.79 Å². The van der Waals surface area contributed by atoms with Crippen LogP contribution in [0, 0.1) is 6.92 Å². The van der Waals surface area contributed by atoms with Gasteiger partial charge in [0.1, 0.15) is 5.56 Å². The van der Waals surface area contributed by atoms with Gasteiger partial charge in [-0.25, -0.2) is 4.79 Å². The van der Waals surface area contributed by atoms with Crippen molar-refractivity contribution >= 4 is 17.7 Å². The molecule has 18 heavy (non-hydrogen) atoms. The minimum absolute atomic E-state index is 0.142. The highest BCUT2D eigenvalue weighted by atomic mass is 32.2. The fourth-order valence-corrected chi connectivity index (χ4v) is 3.28. The molecule has 1 aromatic heterocycles. The molecule has 1 heterocycles. The van der Waals surface area contributed by atoms with Crippen molar-refractivity contribution in [2.45, 2.75) is 37.5 Å². The summed E-state index contributed by atoms with van der Waals surface area (Å²) in [6.45, 7) is 2.63. The van der Waals surface area contributed by atoms with Gasteiger partial charge >= 0.3 is 5.97 Å². The highest BCUT2D eigenvalue weighted by Gasteiger charge is 2.36. The molecule has 0 aliphatic heterocycles. The van der Waals surface area contributed by atoms with Gasteiger partial charge in [0, 0.05) is 29.2 Å². The summed E-state index contributed by atoms with van der Waals surface area (Å²) in [5, 5.41) is 8.99. The summed E-state index contributed by atoms with van der Waals surface area (Å²) >= 11 is 1.83. The van der Waals surface area contributed by atoms with Crippen LogP contribution in [0.4, 0.5) is 0 Å². The Hall–Kier alpha value is -1.23. The van der Waals surface area contributed by atoms with Crippen LogP contribution in [0.1, 0.15) is 35.3 Å². The number of aromatic nitrogens is 1. The first-order chi connectivity index (χ1) is 8.47. The average Bonchev–Trinajstić information content (AvgIpc) is 2.25. The molecule has 1 N–H and O–H groups in total. The van der Waals surface area contributed by atoms with Gasteiger partial charge in [0.25, 0.3) is 0 Å². The van der Waals surface area contributed by atoms with Crippen LogP contribution in [0.3, 0.4) is 0 Å². The fraction of sp³-hybridized carbons (Fsp3) is 0.538. The number of carbonyl (C=O) groups is 1. The minimum atomic E-state index is -1.15. The fourth-order valence-electron chi connectivity index (χ4n) is 2.31. The number of aryl methyl sites for hydroxylation is 1. The monoisotopic (exact) mass is 267 g/mol. The lowest BCUT2D eigenvalue weighted by molar-refractivity contribution is 0.0694. The summed E-state index contributed by atoms with van der Waals surface area (Å²) in [4.78, 5) is 22.5. The van der Waals surface area contributed by atoms with E-state index in [9.17, 15) is 9.59 Å². The van der Waals surface area contributed by atoms with Crippen LogP contribution in [0.15, 0.2) is 17.1 Å². The van der Waals surface area contributed by atoms with E-state index in [-0.39, 0.29) is 10.3 Å². The SMILES string of the molecule is CSC1(Cn2cc(C(=O)O)c(=O)cc2C)CCC1. The molecule has 4 nitrogen and oxygen atoms in total. The van der Waals surface area contributed by atoms with Crippen molar-refractivity contribution in [3.05, 3.63) is 33.7 Å². The third kappa shape index (κ3) is 2.32. The van der Waals surface area contributed by atoms with E-state index in [1.807, 2.05) is 23.3 Å². The van der Waals surface area contributed by atoms with E-state index in [0.29, 0.717) is 0 Å². The Balaban J connectivity index is 2.36.